The van der Waals surface area contributed by atoms with Gasteiger partial charge in [0, 0.05) is 41.8 Å². The summed E-state index contributed by atoms with van der Waals surface area (Å²) in [6.45, 7) is 0.00334. The molecule has 0 spiro atoms. The summed E-state index contributed by atoms with van der Waals surface area (Å²) in [5.74, 6) is -0.463. The second kappa shape index (κ2) is 8.47. The number of nitrogens with zero attached hydrogens (tertiary/aromatic N) is 4. The average Bonchev–Trinajstić information content (AvgIpc) is 3.34. The van der Waals surface area contributed by atoms with Crippen molar-refractivity contribution in [3.63, 3.8) is 0 Å². The third-order valence-corrected chi connectivity index (χ3v) is 5.67. The van der Waals surface area contributed by atoms with Crippen molar-refractivity contribution < 1.29 is 19.4 Å². The van der Waals surface area contributed by atoms with Crippen molar-refractivity contribution in [1.82, 2.24) is 9.47 Å². The van der Waals surface area contributed by atoms with Crippen LogP contribution in [-0.4, -0.2) is 30.5 Å². The lowest BCUT2D eigenvalue weighted by molar-refractivity contribution is -0.385. The summed E-state index contributed by atoms with van der Waals surface area (Å²) < 4.78 is 1.74. The summed E-state index contributed by atoms with van der Waals surface area (Å²) in [4.78, 5) is 47.2. The summed E-state index contributed by atoms with van der Waals surface area (Å²) in [5, 5.41) is 21.2. The van der Waals surface area contributed by atoms with E-state index in [1.807, 2.05) is 0 Å². The Morgan fingerprint density at radius 1 is 0.875 bits per heavy atom. The topological polar surface area (TPSA) is 129 Å². The van der Waals surface area contributed by atoms with Crippen LogP contribution in [0.25, 0.3) is 11.8 Å². The third kappa shape index (κ3) is 4.14. The number of hydrogen-bond acceptors (Lipinski definition) is 7. The molecule has 2 heterocycles. The van der Waals surface area contributed by atoms with Crippen molar-refractivity contribution in [3.8, 4) is 5.69 Å². The van der Waals surface area contributed by atoms with Crippen molar-refractivity contribution in [2.24, 2.45) is 0 Å². The first kappa shape index (κ1) is 21.0. The Morgan fingerprint density at radius 2 is 1.47 bits per heavy atom. The molecule has 0 atom stereocenters. The summed E-state index contributed by atoms with van der Waals surface area (Å²) >= 11 is 0.805. The summed E-state index contributed by atoms with van der Waals surface area (Å²) in [6.07, 6.45) is 3.33. The summed E-state index contributed by atoms with van der Waals surface area (Å²) in [5.41, 5.74) is 1.77. The predicted molar refractivity (Wildman–Crippen MR) is 117 cm³/mol. The van der Waals surface area contributed by atoms with Crippen LogP contribution in [0.5, 0.6) is 0 Å². The van der Waals surface area contributed by atoms with Crippen LogP contribution in [-0.2, 0) is 11.3 Å². The normalized spacial score (nSPS) is 14.9. The van der Waals surface area contributed by atoms with Crippen LogP contribution in [0.4, 0.5) is 16.2 Å². The highest BCUT2D eigenvalue weighted by atomic mass is 32.2. The molecule has 0 unspecified atom stereocenters. The molecule has 4 rings (SSSR count). The molecule has 1 saturated heterocycles. The smallest absolute Gasteiger partial charge is 0.293 e. The Hall–Kier alpha value is -4.25. The fourth-order valence-corrected chi connectivity index (χ4v) is 3.98. The van der Waals surface area contributed by atoms with Gasteiger partial charge in [-0.3, -0.25) is 34.7 Å². The highest BCUT2D eigenvalue weighted by Crippen LogP contribution is 2.34. The molecule has 1 fully saturated rings. The van der Waals surface area contributed by atoms with Crippen LogP contribution in [0.15, 0.2) is 71.8 Å². The van der Waals surface area contributed by atoms with Gasteiger partial charge in [-0.15, -0.1) is 0 Å². The van der Waals surface area contributed by atoms with Crippen molar-refractivity contribution in [2.75, 3.05) is 0 Å². The Morgan fingerprint density at radius 3 is 2.06 bits per heavy atom. The predicted octanol–water partition coefficient (Wildman–Crippen LogP) is 4.53. The van der Waals surface area contributed by atoms with Gasteiger partial charge in [-0.1, -0.05) is 12.1 Å². The number of carbonyl (C=O) groups excluding carboxylic acids is 2. The molecule has 0 bridgehead atoms. The van der Waals surface area contributed by atoms with Gasteiger partial charge in [0.05, 0.1) is 21.3 Å². The van der Waals surface area contributed by atoms with E-state index < -0.39 is 21.0 Å². The zero-order valence-corrected chi connectivity index (χ0v) is 17.1. The van der Waals surface area contributed by atoms with E-state index in [1.54, 1.807) is 41.1 Å². The molecule has 3 aromatic rings. The number of nitro benzene ring substituents is 2. The zero-order chi connectivity index (χ0) is 22.8. The molecule has 32 heavy (non-hydrogen) atoms. The van der Waals surface area contributed by atoms with Crippen LogP contribution >= 0.6 is 11.8 Å². The highest BCUT2D eigenvalue weighted by molar-refractivity contribution is 8.18. The molecule has 0 saturated carbocycles. The van der Waals surface area contributed by atoms with Gasteiger partial charge >= 0.3 is 0 Å². The first-order valence-electron chi connectivity index (χ1n) is 9.24. The van der Waals surface area contributed by atoms with Gasteiger partial charge in [0.1, 0.15) is 0 Å². The van der Waals surface area contributed by atoms with Crippen LogP contribution in [0.1, 0.15) is 11.3 Å². The number of amides is 2. The van der Waals surface area contributed by atoms with Crippen LogP contribution in [0.2, 0.25) is 0 Å². The molecular weight excluding hydrogens is 436 g/mol. The number of nitro groups is 2. The van der Waals surface area contributed by atoms with Gasteiger partial charge in [-0.25, -0.2) is 0 Å². The fraction of sp³-hybridized carbons (Fsp3) is 0.0476. The van der Waals surface area contributed by atoms with E-state index >= 15 is 0 Å². The molecule has 11 heteroatoms. The fourth-order valence-electron chi connectivity index (χ4n) is 3.16. The molecule has 0 radical (unpaired) electrons. The van der Waals surface area contributed by atoms with Gasteiger partial charge in [-0.2, -0.15) is 0 Å². The van der Waals surface area contributed by atoms with Crippen molar-refractivity contribution in [1.29, 1.82) is 0 Å². The number of benzene rings is 2. The van der Waals surface area contributed by atoms with Crippen molar-refractivity contribution in [3.05, 3.63) is 103 Å². The number of non-ortho nitro benzene ring substituents is 2. The molecule has 10 nitrogen and oxygen atoms in total. The minimum Gasteiger partial charge on any atom is -0.317 e. The van der Waals surface area contributed by atoms with Crippen LogP contribution in [0, 0.1) is 20.2 Å². The maximum atomic E-state index is 12.8. The summed E-state index contributed by atoms with van der Waals surface area (Å²) in [6, 6.07) is 15.1. The van der Waals surface area contributed by atoms with Crippen LogP contribution < -0.4 is 0 Å². The van der Waals surface area contributed by atoms with E-state index in [9.17, 15) is 29.8 Å². The molecule has 160 valence electrons. The van der Waals surface area contributed by atoms with Crippen LogP contribution in [0.3, 0.4) is 0 Å². The number of aromatic nitrogens is 1. The maximum absolute atomic E-state index is 12.8. The lowest BCUT2D eigenvalue weighted by atomic mass is 10.2. The quantitative estimate of drug-likeness (QED) is 0.306. The SMILES string of the molecule is O=C1S/C(=C\c2cccn2-c2ccc([N+](=O)[O-])cc2)C(=O)N1Cc1ccc([N+](=O)[O-])cc1. The number of rotatable bonds is 6. The molecule has 1 aliphatic rings. The van der Waals surface area contributed by atoms with Crippen molar-refractivity contribution >= 4 is 40.4 Å². The largest absolute Gasteiger partial charge is 0.317 e. The molecule has 2 aromatic carbocycles. The lowest BCUT2D eigenvalue weighted by Crippen LogP contribution is -2.27. The number of imide groups is 1. The van der Waals surface area contributed by atoms with Gasteiger partial charge in [0.25, 0.3) is 22.5 Å². The van der Waals surface area contributed by atoms with Gasteiger partial charge in [-0.05, 0) is 47.7 Å². The molecule has 0 N–H and O–H groups in total. The molecular formula is C21H14N4O6S. The Balaban J connectivity index is 1.55. The Kier molecular flexibility index (Phi) is 5.56. The lowest BCUT2D eigenvalue weighted by Gasteiger charge is -2.12. The van der Waals surface area contributed by atoms with Gasteiger partial charge in [0.2, 0.25) is 0 Å². The Bertz CT molecular complexity index is 1260. The van der Waals surface area contributed by atoms with E-state index in [0.29, 0.717) is 16.9 Å². The zero-order valence-electron chi connectivity index (χ0n) is 16.3. The van der Waals surface area contributed by atoms with E-state index in [1.165, 1.54) is 36.4 Å². The molecule has 2 amide bonds. The minimum atomic E-state index is -0.521. The number of hydrogen-bond donors (Lipinski definition) is 0. The standard InChI is InChI=1S/C21H14N4O6S/c26-20-19(32-21(27)23(20)13-14-3-5-16(6-4-14)24(28)29)12-18-2-1-11-22(18)15-7-9-17(10-8-15)25(30)31/h1-12H,13H2/b19-12-. The van der Waals surface area contributed by atoms with Crippen molar-refractivity contribution in [2.45, 2.75) is 6.54 Å². The van der Waals surface area contributed by atoms with E-state index in [-0.39, 0.29) is 22.8 Å². The van der Waals surface area contributed by atoms with Gasteiger partial charge in [0.15, 0.2) is 0 Å². The summed E-state index contributed by atoms with van der Waals surface area (Å²) in [7, 11) is 0. The number of thioether (sulfide) groups is 1. The van der Waals surface area contributed by atoms with E-state index in [0.717, 1.165) is 16.7 Å². The first-order valence-corrected chi connectivity index (χ1v) is 10.1. The monoisotopic (exact) mass is 450 g/mol. The highest BCUT2D eigenvalue weighted by Gasteiger charge is 2.35. The maximum Gasteiger partial charge on any atom is 0.293 e. The molecule has 0 aliphatic carbocycles. The minimum absolute atomic E-state index is 0.00334. The third-order valence-electron chi connectivity index (χ3n) is 4.76. The molecule has 1 aliphatic heterocycles. The Labute approximate surface area is 185 Å². The van der Waals surface area contributed by atoms with E-state index in [2.05, 4.69) is 0 Å². The second-order valence-electron chi connectivity index (χ2n) is 6.77. The number of carbonyl (C=O) groups is 2. The van der Waals surface area contributed by atoms with Gasteiger partial charge < -0.3 is 4.57 Å². The first-order chi connectivity index (χ1) is 15.3. The second-order valence-corrected chi connectivity index (χ2v) is 7.76. The molecule has 1 aromatic heterocycles. The average molecular weight is 450 g/mol. The van der Waals surface area contributed by atoms with E-state index in [4.69, 9.17) is 0 Å².